The van der Waals surface area contributed by atoms with Gasteiger partial charge < -0.3 is 9.84 Å². The van der Waals surface area contributed by atoms with Crippen molar-refractivity contribution in [2.75, 3.05) is 25.7 Å². The summed E-state index contributed by atoms with van der Waals surface area (Å²) in [6.45, 7) is 0.763. The average Bonchev–Trinajstić information content (AvgIpc) is 2.06. The normalized spacial score (nSPS) is 13.2. The molecule has 0 bridgehead atoms. The molecule has 0 aliphatic carbocycles. The van der Waals surface area contributed by atoms with Gasteiger partial charge in [0, 0.05) is 13.7 Å². The molecular formula is C9H20O2S. The van der Waals surface area contributed by atoms with Crippen LogP contribution in [0.25, 0.3) is 0 Å². The molecule has 1 atom stereocenters. The molecule has 0 aliphatic heterocycles. The molecule has 0 saturated heterocycles. The second-order valence-corrected chi connectivity index (χ2v) is 3.91. The molecule has 1 N–H and O–H groups in total. The van der Waals surface area contributed by atoms with Gasteiger partial charge in [0.2, 0.25) is 0 Å². The van der Waals surface area contributed by atoms with E-state index in [1.54, 1.807) is 7.11 Å². The molecule has 0 aromatic rings. The van der Waals surface area contributed by atoms with Crippen LogP contribution in [0.5, 0.6) is 0 Å². The fourth-order valence-electron chi connectivity index (χ4n) is 1.07. The van der Waals surface area contributed by atoms with Crippen LogP contribution < -0.4 is 0 Å². The molecule has 2 nitrogen and oxygen atoms in total. The molecule has 1 unspecified atom stereocenters. The summed E-state index contributed by atoms with van der Waals surface area (Å²) in [5.74, 6) is 1.15. The van der Waals surface area contributed by atoms with E-state index < -0.39 is 0 Å². The molecule has 0 aliphatic rings. The fourth-order valence-corrected chi connectivity index (χ4v) is 1.53. The quantitative estimate of drug-likeness (QED) is 0.596. The summed E-state index contributed by atoms with van der Waals surface area (Å²) in [5, 5.41) is 9.44. The number of hydrogen-bond donors (Lipinski definition) is 1. The standard InChI is InChI=1S/C9H20O2S/c1-11-7-3-5-9(10)6-4-8-12-2/h9-10H,3-8H2,1-2H3. The van der Waals surface area contributed by atoms with E-state index in [1.807, 2.05) is 11.8 Å². The van der Waals surface area contributed by atoms with Gasteiger partial charge in [0.25, 0.3) is 0 Å². The van der Waals surface area contributed by atoms with Crippen LogP contribution >= 0.6 is 11.8 Å². The Morgan fingerprint density at radius 3 is 2.58 bits per heavy atom. The molecule has 12 heavy (non-hydrogen) atoms. The van der Waals surface area contributed by atoms with Crippen LogP contribution in [0.2, 0.25) is 0 Å². The van der Waals surface area contributed by atoms with Gasteiger partial charge in [-0.3, -0.25) is 0 Å². The maximum Gasteiger partial charge on any atom is 0.0541 e. The lowest BCUT2D eigenvalue weighted by molar-refractivity contribution is 0.128. The molecule has 0 spiro atoms. The molecule has 3 heteroatoms. The second kappa shape index (κ2) is 9.36. The second-order valence-electron chi connectivity index (χ2n) is 2.92. The van der Waals surface area contributed by atoms with Crippen molar-refractivity contribution in [1.82, 2.24) is 0 Å². The van der Waals surface area contributed by atoms with Gasteiger partial charge in [0.1, 0.15) is 0 Å². The third-order valence-corrected chi connectivity index (χ3v) is 2.47. The Labute approximate surface area is 79.7 Å². The Morgan fingerprint density at radius 1 is 1.33 bits per heavy atom. The van der Waals surface area contributed by atoms with Crippen LogP contribution in [0.4, 0.5) is 0 Å². The SMILES string of the molecule is COCCCC(O)CCCSC. The highest BCUT2D eigenvalue weighted by Gasteiger charge is 2.02. The highest BCUT2D eigenvalue weighted by Crippen LogP contribution is 2.07. The van der Waals surface area contributed by atoms with Crippen LogP contribution in [0.1, 0.15) is 25.7 Å². The molecule has 0 aromatic heterocycles. The number of hydrogen-bond acceptors (Lipinski definition) is 3. The van der Waals surface area contributed by atoms with Gasteiger partial charge in [-0.1, -0.05) is 0 Å². The summed E-state index contributed by atoms with van der Waals surface area (Å²) >= 11 is 1.84. The monoisotopic (exact) mass is 192 g/mol. The van der Waals surface area contributed by atoms with E-state index >= 15 is 0 Å². The van der Waals surface area contributed by atoms with Gasteiger partial charge in [0.15, 0.2) is 0 Å². The van der Waals surface area contributed by atoms with E-state index in [0.29, 0.717) is 0 Å². The van der Waals surface area contributed by atoms with E-state index in [2.05, 4.69) is 6.26 Å². The van der Waals surface area contributed by atoms with E-state index in [1.165, 1.54) is 0 Å². The van der Waals surface area contributed by atoms with Gasteiger partial charge in [-0.25, -0.2) is 0 Å². The summed E-state index contributed by atoms with van der Waals surface area (Å²) < 4.78 is 4.90. The topological polar surface area (TPSA) is 29.5 Å². The van der Waals surface area contributed by atoms with Crippen molar-refractivity contribution >= 4 is 11.8 Å². The minimum atomic E-state index is -0.118. The summed E-state index contributed by atoms with van der Waals surface area (Å²) in [4.78, 5) is 0. The molecule has 0 saturated carbocycles. The summed E-state index contributed by atoms with van der Waals surface area (Å²) in [6.07, 6.45) is 5.88. The van der Waals surface area contributed by atoms with Gasteiger partial charge in [-0.2, -0.15) is 11.8 Å². The van der Waals surface area contributed by atoms with Crippen LogP contribution in [0, 0.1) is 0 Å². The minimum absolute atomic E-state index is 0.118. The maximum atomic E-state index is 9.44. The van der Waals surface area contributed by atoms with E-state index in [-0.39, 0.29) is 6.10 Å². The van der Waals surface area contributed by atoms with E-state index in [4.69, 9.17) is 4.74 Å². The minimum Gasteiger partial charge on any atom is -0.393 e. The van der Waals surface area contributed by atoms with Crippen LogP contribution in [-0.4, -0.2) is 36.9 Å². The number of aliphatic hydroxyl groups excluding tert-OH is 1. The Bertz CT molecular complexity index is 78.6. The lowest BCUT2D eigenvalue weighted by atomic mass is 10.1. The Morgan fingerprint density at radius 2 is 2.00 bits per heavy atom. The van der Waals surface area contributed by atoms with E-state index in [9.17, 15) is 5.11 Å². The lowest BCUT2D eigenvalue weighted by Crippen LogP contribution is -2.07. The zero-order valence-corrected chi connectivity index (χ0v) is 8.90. The number of thioether (sulfide) groups is 1. The van der Waals surface area contributed by atoms with Crippen molar-refractivity contribution in [2.24, 2.45) is 0 Å². The first-order valence-electron chi connectivity index (χ1n) is 4.47. The van der Waals surface area contributed by atoms with Crippen molar-refractivity contribution < 1.29 is 9.84 Å². The van der Waals surface area contributed by atoms with Crippen molar-refractivity contribution in [2.45, 2.75) is 31.8 Å². The van der Waals surface area contributed by atoms with Crippen molar-refractivity contribution in [1.29, 1.82) is 0 Å². The van der Waals surface area contributed by atoms with Gasteiger partial charge in [0.05, 0.1) is 6.10 Å². The molecule has 74 valence electrons. The van der Waals surface area contributed by atoms with Crippen LogP contribution in [0.3, 0.4) is 0 Å². The number of rotatable bonds is 8. The fraction of sp³-hybridized carbons (Fsp3) is 1.00. The number of aliphatic hydroxyl groups is 1. The molecule has 0 fully saturated rings. The molecule has 0 radical (unpaired) electrons. The first-order valence-corrected chi connectivity index (χ1v) is 5.86. The Kier molecular flexibility index (Phi) is 9.57. The van der Waals surface area contributed by atoms with E-state index in [0.717, 1.165) is 38.0 Å². The molecule has 0 heterocycles. The first-order chi connectivity index (χ1) is 5.81. The Balaban J connectivity index is 3.04. The molecule has 0 aromatic carbocycles. The lowest BCUT2D eigenvalue weighted by Gasteiger charge is -2.08. The van der Waals surface area contributed by atoms with Gasteiger partial charge >= 0.3 is 0 Å². The number of methoxy groups -OCH3 is 1. The largest absolute Gasteiger partial charge is 0.393 e. The zero-order valence-electron chi connectivity index (χ0n) is 8.08. The smallest absolute Gasteiger partial charge is 0.0541 e. The summed E-state index contributed by atoms with van der Waals surface area (Å²) in [5.41, 5.74) is 0. The predicted molar refractivity (Wildman–Crippen MR) is 54.7 cm³/mol. The van der Waals surface area contributed by atoms with Crippen molar-refractivity contribution in [3.05, 3.63) is 0 Å². The maximum absolute atomic E-state index is 9.44. The average molecular weight is 192 g/mol. The van der Waals surface area contributed by atoms with Crippen molar-refractivity contribution in [3.8, 4) is 0 Å². The third-order valence-electron chi connectivity index (χ3n) is 1.77. The third kappa shape index (κ3) is 8.37. The first kappa shape index (κ1) is 12.3. The summed E-state index contributed by atoms with van der Waals surface area (Å²) in [7, 11) is 1.69. The highest BCUT2D eigenvalue weighted by atomic mass is 32.2. The Hall–Kier alpha value is 0.270. The molecule has 0 amide bonds. The van der Waals surface area contributed by atoms with Crippen LogP contribution in [0.15, 0.2) is 0 Å². The highest BCUT2D eigenvalue weighted by molar-refractivity contribution is 7.98. The zero-order chi connectivity index (χ0) is 9.23. The molecular weight excluding hydrogens is 172 g/mol. The van der Waals surface area contributed by atoms with Crippen LogP contribution in [-0.2, 0) is 4.74 Å². The number of ether oxygens (including phenoxy) is 1. The van der Waals surface area contributed by atoms with Crippen molar-refractivity contribution in [3.63, 3.8) is 0 Å². The molecule has 0 rings (SSSR count). The summed E-state index contributed by atoms with van der Waals surface area (Å²) in [6, 6.07) is 0. The predicted octanol–water partition coefficient (Wildman–Crippen LogP) is 1.92. The van der Waals surface area contributed by atoms with Gasteiger partial charge in [-0.15, -0.1) is 0 Å². The van der Waals surface area contributed by atoms with Gasteiger partial charge in [-0.05, 0) is 37.7 Å².